The number of sulfone groups is 1. The normalized spacial score (nSPS) is 29.6. The second-order valence-electron chi connectivity index (χ2n) is 4.57. The van der Waals surface area contributed by atoms with Crippen LogP contribution in [0.2, 0.25) is 0 Å². The highest BCUT2D eigenvalue weighted by Gasteiger charge is 2.34. The van der Waals surface area contributed by atoms with E-state index in [2.05, 4.69) is 0 Å². The van der Waals surface area contributed by atoms with Gasteiger partial charge in [-0.2, -0.15) is 0 Å². The maximum Gasteiger partial charge on any atom is 0.307 e. The topological polar surface area (TPSA) is 74.7 Å². The molecule has 94 valence electrons. The highest BCUT2D eigenvalue weighted by molar-refractivity contribution is 7.91. The third-order valence-electron chi connectivity index (χ3n) is 3.36. The fraction of sp³-hybridized carbons (Fsp3) is 0.900. The van der Waals surface area contributed by atoms with E-state index in [1.807, 2.05) is 18.7 Å². The van der Waals surface area contributed by atoms with Crippen molar-refractivity contribution < 1.29 is 18.3 Å². The lowest BCUT2D eigenvalue weighted by molar-refractivity contribution is -0.143. The molecule has 16 heavy (non-hydrogen) atoms. The number of nitrogens with zero attached hydrogens (tertiary/aromatic N) is 1. The predicted molar refractivity (Wildman–Crippen MR) is 61.1 cm³/mol. The first-order valence-electron chi connectivity index (χ1n) is 5.43. The van der Waals surface area contributed by atoms with Gasteiger partial charge in [0.2, 0.25) is 0 Å². The Bertz CT molecular complexity index is 365. The molecule has 0 saturated carbocycles. The molecule has 1 aliphatic heterocycles. The van der Waals surface area contributed by atoms with Crippen molar-refractivity contribution in [2.24, 2.45) is 5.92 Å². The molecule has 1 saturated heterocycles. The minimum absolute atomic E-state index is 0.101. The zero-order valence-electron chi connectivity index (χ0n) is 9.88. The Hall–Kier alpha value is -0.620. The fourth-order valence-electron chi connectivity index (χ4n) is 2.11. The lowest BCUT2D eigenvalue weighted by atomic mass is 10.0. The van der Waals surface area contributed by atoms with E-state index in [1.54, 1.807) is 6.92 Å². The van der Waals surface area contributed by atoms with Crippen molar-refractivity contribution >= 4 is 15.8 Å². The number of carboxylic acids is 1. The van der Waals surface area contributed by atoms with Crippen LogP contribution in [0.25, 0.3) is 0 Å². The first-order chi connectivity index (χ1) is 7.24. The van der Waals surface area contributed by atoms with Gasteiger partial charge in [-0.15, -0.1) is 0 Å². The maximum absolute atomic E-state index is 11.4. The Labute approximate surface area is 96.4 Å². The van der Waals surface area contributed by atoms with Crippen LogP contribution >= 0.6 is 0 Å². The van der Waals surface area contributed by atoms with E-state index in [9.17, 15) is 13.2 Å². The molecule has 0 aromatic heterocycles. The summed E-state index contributed by atoms with van der Waals surface area (Å²) in [6.45, 7) is 5.76. The smallest absolute Gasteiger partial charge is 0.307 e. The van der Waals surface area contributed by atoms with Gasteiger partial charge in [0.15, 0.2) is 9.84 Å². The molecule has 0 amide bonds. The predicted octanol–water partition coefficient (Wildman–Crippen LogP) is 0.215. The molecular weight excluding hydrogens is 230 g/mol. The summed E-state index contributed by atoms with van der Waals surface area (Å²) in [4.78, 5) is 12.8. The SMILES string of the molecule is CC(C(=O)O)C(C)N1CCS(=O)(=O)CC1C. The number of hydrogen-bond donors (Lipinski definition) is 1. The van der Waals surface area contributed by atoms with Crippen LogP contribution in [-0.4, -0.2) is 54.5 Å². The largest absolute Gasteiger partial charge is 0.481 e. The lowest BCUT2D eigenvalue weighted by Gasteiger charge is -2.39. The summed E-state index contributed by atoms with van der Waals surface area (Å²) in [5.74, 6) is -1.06. The third-order valence-corrected chi connectivity index (χ3v) is 5.15. The molecule has 0 radical (unpaired) electrons. The molecule has 5 nitrogen and oxygen atoms in total. The Kier molecular flexibility index (Phi) is 3.96. The average Bonchev–Trinajstić information content (AvgIpc) is 2.14. The molecule has 1 fully saturated rings. The second-order valence-corrected chi connectivity index (χ2v) is 6.80. The van der Waals surface area contributed by atoms with E-state index in [0.29, 0.717) is 6.54 Å². The van der Waals surface area contributed by atoms with E-state index in [1.165, 1.54) is 0 Å². The van der Waals surface area contributed by atoms with Crippen LogP contribution < -0.4 is 0 Å². The number of aliphatic carboxylic acids is 1. The first kappa shape index (κ1) is 13.4. The number of hydrogen-bond acceptors (Lipinski definition) is 4. The Morgan fingerprint density at radius 2 is 2.00 bits per heavy atom. The number of carboxylic acid groups (broad SMARTS) is 1. The molecule has 1 heterocycles. The molecule has 3 unspecified atom stereocenters. The molecule has 1 aliphatic rings. The second kappa shape index (κ2) is 4.71. The zero-order chi connectivity index (χ0) is 12.5. The quantitative estimate of drug-likeness (QED) is 0.774. The molecule has 3 atom stereocenters. The highest BCUT2D eigenvalue weighted by Crippen LogP contribution is 2.19. The van der Waals surface area contributed by atoms with Crippen LogP contribution in [0.3, 0.4) is 0 Å². The van der Waals surface area contributed by atoms with Crippen LogP contribution in [0.5, 0.6) is 0 Å². The summed E-state index contributed by atoms with van der Waals surface area (Å²) >= 11 is 0. The van der Waals surface area contributed by atoms with Gasteiger partial charge in [-0.3, -0.25) is 9.69 Å². The third kappa shape index (κ3) is 2.95. The van der Waals surface area contributed by atoms with Gasteiger partial charge in [0.05, 0.1) is 17.4 Å². The summed E-state index contributed by atoms with van der Waals surface area (Å²) in [5.41, 5.74) is 0. The summed E-state index contributed by atoms with van der Waals surface area (Å²) in [5, 5.41) is 8.93. The van der Waals surface area contributed by atoms with Gasteiger partial charge >= 0.3 is 5.97 Å². The molecule has 0 spiro atoms. The van der Waals surface area contributed by atoms with Gasteiger partial charge in [0.25, 0.3) is 0 Å². The van der Waals surface area contributed by atoms with E-state index in [0.717, 1.165) is 0 Å². The van der Waals surface area contributed by atoms with Crippen molar-refractivity contribution in [2.45, 2.75) is 32.9 Å². The van der Waals surface area contributed by atoms with E-state index in [-0.39, 0.29) is 23.6 Å². The summed E-state index contributed by atoms with van der Waals surface area (Å²) in [6, 6.07) is -0.237. The minimum atomic E-state index is -2.93. The Balaban J connectivity index is 2.72. The average molecular weight is 249 g/mol. The molecule has 0 aromatic rings. The Morgan fingerprint density at radius 1 is 1.44 bits per heavy atom. The van der Waals surface area contributed by atoms with Gasteiger partial charge in [-0.1, -0.05) is 6.92 Å². The van der Waals surface area contributed by atoms with Crippen LogP contribution in [0.1, 0.15) is 20.8 Å². The molecule has 0 bridgehead atoms. The highest BCUT2D eigenvalue weighted by atomic mass is 32.2. The van der Waals surface area contributed by atoms with Crippen LogP contribution in [0.4, 0.5) is 0 Å². The van der Waals surface area contributed by atoms with Crippen molar-refractivity contribution in [1.82, 2.24) is 4.90 Å². The van der Waals surface area contributed by atoms with Crippen LogP contribution in [-0.2, 0) is 14.6 Å². The van der Waals surface area contributed by atoms with Crippen molar-refractivity contribution in [3.05, 3.63) is 0 Å². The number of rotatable bonds is 3. The standard InChI is InChI=1S/C10H19NO4S/c1-7-6-16(14,15)5-4-11(7)9(3)8(2)10(12)13/h7-9H,4-6H2,1-3H3,(H,12,13). The van der Waals surface area contributed by atoms with E-state index >= 15 is 0 Å². The maximum atomic E-state index is 11.4. The Morgan fingerprint density at radius 3 is 2.44 bits per heavy atom. The van der Waals surface area contributed by atoms with E-state index < -0.39 is 21.7 Å². The molecule has 6 heteroatoms. The molecule has 0 aromatic carbocycles. The van der Waals surface area contributed by atoms with Crippen molar-refractivity contribution in [1.29, 1.82) is 0 Å². The fourth-order valence-corrected chi connectivity index (χ4v) is 3.69. The monoisotopic (exact) mass is 249 g/mol. The van der Waals surface area contributed by atoms with Gasteiger partial charge in [-0.25, -0.2) is 8.42 Å². The molecule has 1 rings (SSSR count). The molecule has 0 aliphatic carbocycles. The van der Waals surface area contributed by atoms with Crippen LogP contribution in [0.15, 0.2) is 0 Å². The molecular formula is C10H19NO4S. The lowest BCUT2D eigenvalue weighted by Crippen LogP contribution is -2.53. The van der Waals surface area contributed by atoms with Gasteiger partial charge < -0.3 is 5.11 Å². The summed E-state index contributed by atoms with van der Waals surface area (Å²) in [6.07, 6.45) is 0. The van der Waals surface area contributed by atoms with Crippen molar-refractivity contribution in [3.8, 4) is 0 Å². The number of carbonyl (C=O) groups is 1. The van der Waals surface area contributed by atoms with Crippen molar-refractivity contribution in [2.75, 3.05) is 18.1 Å². The van der Waals surface area contributed by atoms with Gasteiger partial charge in [-0.05, 0) is 13.8 Å². The minimum Gasteiger partial charge on any atom is -0.481 e. The zero-order valence-corrected chi connectivity index (χ0v) is 10.7. The van der Waals surface area contributed by atoms with Gasteiger partial charge in [0, 0.05) is 18.6 Å². The summed E-state index contributed by atoms with van der Waals surface area (Å²) < 4.78 is 22.8. The molecule has 1 N–H and O–H groups in total. The first-order valence-corrected chi connectivity index (χ1v) is 7.25. The van der Waals surface area contributed by atoms with E-state index in [4.69, 9.17) is 5.11 Å². The summed E-state index contributed by atoms with van der Waals surface area (Å²) in [7, 11) is -2.93. The van der Waals surface area contributed by atoms with Crippen LogP contribution in [0, 0.1) is 5.92 Å². The van der Waals surface area contributed by atoms with Crippen molar-refractivity contribution in [3.63, 3.8) is 0 Å². The van der Waals surface area contributed by atoms with Gasteiger partial charge in [0.1, 0.15) is 0 Å².